The second kappa shape index (κ2) is 8.42. The predicted octanol–water partition coefficient (Wildman–Crippen LogP) is 0.361. The minimum absolute atomic E-state index is 0.195. The number of benzene rings is 1. The van der Waals surface area contributed by atoms with Crippen LogP contribution in [0.15, 0.2) is 24.3 Å². The lowest BCUT2D eigenvalue weighted by molar-refractivity contribution is -0.136. The van der Waals surface area contributed by atoms with Crippen LogP contribution in [-0.4, -0.2) is 90.7 Å². The van der Waals surface area contributed by atoms with Gasteiger partial charge in [0.05, 0.1) is 25.3 Å². The Morgan fingerprint density at radius 1 is 0.920 bits per heavy atom. The van der Waals surface area contributed by atoms with Crippen molar-refractivity contribution < 1.29 is 19.4 Å². The number of hydrogen-bond acceptors (Lipinski definition) is 5. The number of carboxylic acid groups (broad SMARTS) is 1. The van der Waals surface area contributed by atoms with Crippen molar-refractivity contribution in [1.29, 1.82) is 0 Å². The van der Waals surface area contributed by atoms with Gasteiger partial charge in [0.2, 0.25) is 5.91 Å². The Hall–Kier alpha value is -1.96. The third-order valence-electron chi connectivity index (χ3n) is 4.79. The molecule has 25 heavy (non-hydrogen) atoms. The van der Waals surface area contributed by atoms with E-state index in [9.17, 15) is 9.59 Å². The van der Waals surface area contributed by atoms with Gasteiger partial charge in [-0.25, -0.2) is 4.79 Å². The highest BCUT2D eigenvalue weighted by Crippen LogP contribution is 2.11. The highest BCUT2D eigenvalue weighted by Gasteiger charge is 2.23. The van der Waals surface area contributed by atoms with Crippen LogP contribution in [0.2, 0.25) is 0 Å². The summed E-state index contributed by atoms with van der Waals surface area (Å²) in [7, 11) is 0. The third-order valence-corrected chi connectivity index (χ3v) is 4.79. The molecule has 0 spiro atoms. The quantitative estimate of drug-likeness (QED) is 0.829. The molecule has 1 aromatic carbocycles. The molecule has 7 heteroatoms. The molecule has 2 heterocycles. The first-order valence-corrected chi connectivity index (χ1v) is 8.74. The van der Waals surface area contributed by atoms with E-state index in [-0.39, 0.29) is 5.91 Å². The second-order valence-corrected chi connectivity index (χ2v) is 6.55. The maximum absolute atomic E-state index is 12.3. The van der Waals surface area contributed by atoms with Gasteiger partial charge in [0.25, 0.3) is 0 Å². The average molecular weight is 347 g/mol. The molecule has 1 N–H and O–H groups in total. The zero-order chi connectivity index (χ0) is 17.6. The molecule has 0 aromatic heterocycles. The Bertz CT molecular complexity index is 591. The minimum Gasteiger partial charge on any atom is -0.478 e. The monoisotopic (exact) mass is 347 g/mol. The average Bonchev–Trinajstić information content (AvgIpc) is 2.64. The standard InChI is InChI=1S/C18H25N3O4/c22-17(21-9-11-25-12-10-21)14-20-7-5-19(6-8-20)13-15-1-3-16(4-2-15)18(23)24/h1-4H,5-14H2,(H,23,24). The van der Waals surface area contributed by atoms with Gasteiger partial charge in [-0.05, 0) is 17.7 Å². The number of morpholine rings is 1. The first-order valence-electron chi connectivity index (χ1n) is 8.74. The van der Waals surface area contributed by atoms with Crippen molar-refractivity contribution in [3.05, 3.63) is 35.4 Å². The SMILES string of the molecule is O=C(O)c1ccc(CN2CCN(CC(=O)N3CCOCC3)CC2)cc1. The lowest BCUT2D eigenvalue weighted by Gasteiger charge is -2.36. The van der Waals surface area contributed by atoms with Crippen LogP contribution in [0.3, 0.4) is 0 Å². The summed E-state index contributed by atoms with van der Waals surface area (Å²) in [5.41, 5.74) is 1.43. The molecule has 136 valence electrons. The van der Waals surface area contributed by atoms with Gasteiger partial charge in [0.1, 0.15) is 0 Å². The van der Waals surface area contributed by atoms with E-state index in [2.05, 4.69) is 9.80 Å². The number of ether oxygens (including phenoxy) is 1. The van der Waals surface area contributed by atoms with Crippen molar-refractivity contribution in [2.24, 2.45) is 0 Å². The van der Waals surface area contributed by atoms with Crippen molar-refractivity contribution in [3.63, 3.8) is 0 Å². The van der Waals surface area contributed by atoms with Gasteiger partial charge in [-0.2, -0.15) is 0 Å². The van der Waals surface area contributed by atoms with E-state index in [1.165, 1.54) is 0 Å². The molecule has 7 nitrogen and oxygen atoms in total. The maximum atomic E-state index is 12.3. The first-order chi connectivity index (χ1) is 12.1. The van der Waals surface area contributed by atoms with Crippen LogP contribution in [0.1, 0.15) is 15.9 Å². The van der Waals surface area contributed by atoms with Crippen LogP contribution in [0.4, 0.5) is 0 Å². The summed E-state index contributed by atoms with van der Waals surface area (Å²) in [6, 6.07) is 7.04. The van der Waals surface area contributed by atoms with Crippen molar-refractivity contribution in [1.82, 2.24) is 14.7 Å². The molecule has 2 aliphatic rings. The van der Waals surface area contributed by atoms with Crippen molar-refractivity contribution >= 4 is 11.9 Å². The normalized spacial score (nSPS) is 19.8. The van der Waals surface area contributed by atoms with Crippen molar-refractivity contribution in [2.75, 3.05) is 59.0 Å². The zero-order valence-corrected chi connectivity index (χ0v) is 14.4. The Labute approximate surface area is 147 Å². The van der Waals surface area contributed by atoms with Crippen LogP contribution in [0.5, 0.6) is 0 Å². The van der Waals surface area contributed by atoms with Crippen LogP contribution < -0.4 is 0 Å². The van der Waals surface area contributed by atoms with Gasteiger partial charge >= 0.3 is 5.97 Å². The fourth-order valence-electron chi connectivity index (χ4n) is 3.22. The number of aromatic carboxylic acids is 1. The minimum atomic E-state index is -0.898. The molecular formula is C18H25N3O4. The predicted molar refractivity (Wildman–Crippen MR) is 92.5 cm³/mol. The van der Waals surface area contributed by atoms with E-state index in [1.807, 2.05) is 17.0 Å². The van der Waals surface area contributed by atoms with Gasteiger partial charge in [0, 0.05) is 45.8 Å². The summed E-state index contributed by atoms with van der Waals surface area (Å²) in [5, 5.41) is 8.94. The summed E-state index contributed by atoms with van der Waals surface area (Å²) < 4.78 is 5.28. The molecule has 0 atom stereocenters. The van der Waals surface area contributed by atoms with E-state index < -0.39 is 5.97 Å². The maximum Gasteiger partial charge on any atom is 0.335 e. The van der Waals surface area contributed by atoms with E-state index in [4.69, 9.17) is 9.84 Å². The summed E-state index contributed by atoms with van der Waals surface area (Å²) in [4.78, 5) is 29.6. The van der Waals surface area contributed by atoms with Crippen molar-refractivity contribution in [3.8, 4) is 0 Å². The zero-order valence-electron chi connectivity index (χ0n) is 14.4. The number of carboxylic acids is 1. The summed E-state index contributed by atoms with van der Waals surface area (Å²) >= 11 is 0. The van der Waals surface area contributed by atoms with Gasteiger partial charge in [-0.15, -0.1) is 0 Å². The number of rotatable bonds is 5. The highest BCUT2D eigenvalue weighted by molar-refractivity contribution is 5.87. The number of piperazine rings is 1. The molecular weight excluding hydrogens is 322 g/mol. The van der Waals surface area contributed by atoms with Gasteiger partial charge in [-0.3, -0.25) is 14.6 Å². The first kappa shape index (κ1) is 17.8. The van der Waals surface area contributed by atoms with Crippen molar-refractivity contribution in [2.45, 2.75) is 6.54 Å². The van der Waals surface area contributed by atoms with Gasteiger partial charge in [0.15, 0.2) is 0 Å². The third kappa shape index (κ3) is 5.01. The molecule has 2 saturated heterocycles. The fourth-order valence-corrected chi connectivity index (χ4v) is 3.22. The summed E-state index contributed by atoms with van der Waals surface area (Å²) in [5.74, 6) is -0.703. The highest BCUT2D eigenvalue weighted by atomic mass is 16.5. The molecule has 3 rings (SSSR count). The lowest BCUT2D eigenvalue weighted by atomic mass is 10.1. The van der Waals surface area contributed by atoms with Gasteiger partial charge < -0.3 is 14.7 Å². The molecule has 0 bridgehead atoms. The van der Waals surface area contributed by atoms with Crippen LogP contribution in [-0.2, 0) is 16.1 Å². The lowest BCUT2D eigenvalue weighted by Crippen LogP contribution is -2.51. The van der Waals surface area contributed by atoms with Gasteiger partial charge in [-0.1, -0.05) is 12.1 Å². The van der Waals surface area contributed by atoms with Crippen LogP contribution in [0.25, 0.3) is 0 Å². The number of nitrogens with zero attached hydrogens (tertiary/aromatic N) is 3. The Morgan fingerprint density at radius 3 is 2.12 bits per heavy atom. The Balaban J connectivity index is 1.42. The van der Waals surface area contributed by atoms with E-state index in [1.54, 1.807) is 12.1 Å². The Kier molecular flexibility index (Phi) is 6.01. The number of amides is 1. The summed E-state index contributed by atoms with van der Waals surface area (Å²) in [6.45, 7) is 7.56. The molecule has 1 amide bonds. The molecule has 0 saturated carbocycles. The molecule has 0 unspecified atom stereocenters. The number of carbonyl (C=O) groups is 2. The smallest absolute Gasteiger partial charge is 0.335 e. The van der Waals surface area contributed by atoms with Crippen LogP contribution >= 0.6 is 0 Å². The molecule has 2 aliphatic heterocycles. The molecule has 2 fully saturated rings. The molecule has 0 aliphatic carbocycles. The fraction of sp³-hybridized carbons (Fsp3) is 0.556. The molecule has 1 aromatic rings. The van der Waals surface area contributed by atoms with E-state index in [0.717, 1.165) is 38.3 Å². The number of carbonyl (C=O) groups excluding carboxylic acids is 1. The van der Waals surface area contributed by atoms with Crippen LogP contribution in [0, 0.1) is 0 Å². The van der Waals surface area contributed by atoms with E-state index >= 15 is 0 Å². The molecule has 0 radical (unpaired) electrons. The topological polar surface area (TPSA) is 73.3 Å². The Morgan fingerprint density at radius 2 is 1.52 bits per heavy atom. The number of hydrogen-bond donors (Lipinski definition) is 1. The second-order valence-electron chi connectivity index (χ2n) is 6.55. The van der Waals surface area contributed by atoms with E-state index in [0.29, 0.717) is 38.4 Å². The largest absolute Gasteiger partial charge is 0.478 e. The summed E-state index contributed by atoms with van der Waals surface area (Å²) in [6.07, 6.45) is 0.